The molecule has 0 radical (unpaired) electrons. The third-order valence-electron chi connectivity index (χ3n) is 5.30. The number of nitrogens with zero attached hydrogens (tertiary/aromatic N) is 3. The number of benzene rings is 1. The summed E-state index contributed by atoms with van der Waals surface area (Å²) in [6.07, 6.45) is -1.27. The quantitative estimate of drug-likeness (QED) is 0.520. The van der Waals surface area contributed by atoms with E-state index in [0.29, 0.717) is 26.6 Å². The van der Waals surface area contributed by atoms with Gasteiger partial charge in [-0.15, -0.1) is 11.3 Å². The number of halogens is 4. The first-order valence-electron chi connectivity index (χ1n) is 10.0. The molecule has 0 aliphatic carbocycles. The molecule has 1 unspecified atom stereocenters. The Labute approximate surface area is 200 Å². The topological polar surface area (TPSA) is 87.0 Å². The molecule has 33 heavy (non-hydrogen) atoms. The molecule has 0 spiro atoms. The van der Waals surface area contributed by atoms with Crippen molar-refractivity contribution >= 4 is 39.1 Å². The maximum atomic E-state index is 13.7. The number of aliphatic hydroxyl groups is 1. The number of amidine groups is 1. The van der Waals surface area contributed by atoms with Gasteiger partial charge in [-0.1, -0.05) is 22.0 Å². The highest BCUT2D eigenvalue weighted by Crippen LogP contribution is 2.38. The first-order valence-corrected chi connectivity index (χ1v) is 11.7. The van der Waals surface area contributed by atoms with Crippen LogP contribution in [0.15, 0.2) is 50.5 Å². The van der Waals surface area contributed by atoms with Crippen molar-refractivity contribution in [3.8, 4) is 0 Å². The number of hydrogen-bond donors (Lipinski definition) is 2. The molecule has 1 fully saturated rings. The summed E-state index contributed by atoms with van der Waals surface area (Å²) in [5.41, 5.74) is -0.978. The lowest BCUT2D eigenvalue weighted by atomic mass is 9.92. The van der Waals surface area contributed by atoms with E-state index in [4.69, 9.17) is 4.74 Å². The van der Waals surface area contributed by atoms with Crippen molar-refractivity contribution < 1.29 is 27.8 Å². The van der Waals surface area contributed by atoms with Gasteiger partial charge in [0, 0.05) is 41.4 Å². The molecule has 0 amide bonds. The van der Waals surface area contributed by atoms with Gasteiger partial charge >= 0.3 is 5.97 Å². The number of thiazole rings is 1. The van der Waals surface area contributed by atoms with Gasteiger partial charge < -0.3 is 15.2 Å². The molecule has 1 aromatic heterocycles. The largest absolute Gasteiger partial charge is 0.463 e. The zero-order valence-corrected chi connectivity index (χ0v) is 19.8. The fourth-order valence-electron chi connectivity index (χ4n) is 3.77. The minimum Gasteiger partial charge on any atom is -0.463 e. The molecular weight excluding hydrogens is 525 g/mol. The van der Waals surface area contributed by atoms with Crippen LogP contribution in [0.4, 0.5) is 13.2 Å². The van der Waals surface area contributed by atoms with E-state index in [2.05, 4.69) is 31.2 Å². The van der Waals surface area contributed by atoms with Gasteiger partial charge in [0.25, 0.3) is 6.43 Å². The van der Waals surface area contributed by atoms with Crippen LogP contribution in [-0.2, 0) is 9.53 Å². The molecule has 12 heteroatoms. The number of aliphatic imine (C=N–C) groups is 1. The number of esters is 1. The van der Waals surface area contributed by atoms with Gasteiger partial charge in [0.2, 0.25) is 0 Å². The molecule has 4 rings (SSSR count). The number of rotatable bonds is 7. The second kappa shape index (κ2) is 9.53. The Kier molecular flexibility index (Phi) is 6.89. The van der Waals surface area contributed by atoms with Crippen LogP contribution in [0.25, 0.3) is 0 Å². The Morgan fingerprint density at radius 3 is 2.82 bits per heavy atom. The van der Waals surface area contributed by atoms with Crippen LogP contribution < -0.4 is 5.32 Å². The van der Waals surface area contributed by atoms with Crippen molar-refractivity contribution in [3.05, 3.63) is 61.9 Å². The van der Waals surface area contributed by atoms with E-state index in [-0.39, 0.29) is 31.8 Å². The summed E-state index contributed by atoms with van der Waals surface area (Å²) in [7, 11) is 0. The fraction of sp³-hybridized carbons (Fsp3) is 0.381. The lowest BCUT2D eigenvalue weighted by molar-refractivity contribution is -0.177. The predicted octanol–water partition coefficient (Wildman–Crippen LogP) is 3.26. The zero-order chi connectivity index (χ0) is 23.8. The highest BCUT2D eigenvalue weighted by molar-refractivity contribution is 9.10. The molecule has 3 heterocycles. The van der Waals surface area contributed by atoms with Gasteiger partial charge in [0.15, 0.2) is 16.4 Å². The summed E-state index contributed by atoms with van der Waals surface area (Å²) in [5, 5.41) is 15.4. The highest BCUT2D eigenvalue weighted by Gasteiger charge is 2.49. The number of carbonyl (C=O) groups is 1. The predicted molar refractivity (Wildman–Crippen MR) is 120 cm³/mol. The van der Waals surface area contributed by atoms with Gasteiger partial charge in [-0.25, -0.2) is 22.9 Å². The van der Waals surface area contributed by atoms with Crippen LogP contribution >= 0.6 is 27.3 Å². The number of likely N-dealkylation sites (tertiary alicyclic amines) is 1. The van der Waals surface area contributed by atoms with Crippen LogP contribution in [0.3, 0.4) is 0 Å². The average Bonchev–Trinajstić information content (AvgIpc) is 3.27. The number of aromatic nitrogens is 1. The van der Waals surface area contributed by atoms with Crippen LogP contribution in [0, 0.1) is 5.82 Å². The Hall–Kier alpha value is -2.28. The summed E-state index contributed by atoms with van der Waals surface area (Å²) in [6, 6.07) is 3.20. The maximum absolute atomic E-state index is 13.7. The number of alkyl halides is 2. The number of ether oxygens (including phenoxy) is 1. The Balaban J connectivity index is 1.77. The molecule has 2 aliphatic rings. The van der Waals surface area contributed by atoms with Crippen molar-refractivity contribution in [1.29, 1.82) is 0 Å². The smallest absolute Gasteiger partial charge is 0.338 e. The number of β-amino-alcohol motifs (C(OH)–C–C–N with tert-alkyl or cyclic N) is 1. The standard InChI is InChI=1S/C21H20BrF3N4O3S/c1-2-32-19(30)15-14(8-29-9-21(31,10-29)20(24)25)27-17(18-26-5-6-33-18)28-16(15)12-4-3-11(23)7-13(12)22/h3-7,16,20,31H,2,8-10H2,1H3,(H,27,28). The molecule has 2 aromatic rings. The summed E-state index contributed by atoms with van der Waals surface area (Å²) >= 11 is 4.68. The van der Waals surface area contributed by atoms with Gasteiger partial charge in [-0.3, -0.25) is 9.89 Å². The zero-order valence-electron chi connectivity index (χ0n) is 17.4. The van der Waals surface area contributed by atoms with Crippen molar-refractivity contribution in [2.24, 2.45) is 4.99 Å². The third-order valence-corrected chi connectivity index (χ3v) is 6.76. The molecular formula is C21H20BrF3N4O3S. The minimum atomic E-state index is -2.87. The average molecular weight is 545 g/mol. The highest BCUT2D eigenvalue weighted by atomic mass is 79.9. The van der Waals surface area contributed by atoms with Gasteiger partial charge in [0.05, 0.1) is 12.2 Å². The molecule has 2 aliphatic heterocycles. The second-order valence-corrected chi connectivity index (χ2v) is 9.42. The van der Waals surface area contributed by atoms with Crippen LogP contribution in [0.5, 0.6) is 0 Å². The number of carbonyl (C=O) groups excluding carboxylic acids is 1. The van der Waals surface area contributed by atoms with Crippen LogP contribution in [-0.4, -0.2) is 65.1 Å². The van der Waals surface area contributed by atoms with Gasteiger partial charge in [0.1, 0.15) is 11.9 Å². The van der Waals surface area contributed by atoms with Gasteiger partial charge in [-0.05, 0) is 24.6 Å². The lowest BCUT2D eigenvalue weighted by Crippen LogP contribution is -2.66. The summed E-state index contributed by atoms with van der Waals surface area (Å²) < 4.78 is 45.6. The van der Waals surface area contributed by atoms with Crippen molar-refractivity contribution in [2.45, 2.75) is 25.0 Å². The van der Waals surface area contributed by atoms with E-state index >= 15 is 0 Å². The molecule has 1 atom stereocenters. The van der Waals surface area contributed by atoms with E-state index in [1.807, 2.05) is 0 Å². The molecule has 7 nitrogen and oxygen atoms in total. The summed E-state index contributed by atoms with van der Waals surface area (Å²) in [4.78, 5) is 23.5. The van der Waals surface area contributed by atoms with Crippen molar-refractivity contribution in [2.75, 3.05) is 26.2 Å². The fourth-order valence-corrected chi connectivity index (χ4v) is 4.92. The van der Waals surface area contributed by atoms with Crippen LogP contribution in [0.1, 0.15) is 23.5 Å². The lowest BCUT2D eigenvalue weighted by Gasteiger charge is -2.46. The monoisotopic (exact) mass is 544 g/mol. The first-order chi connectivity index (χ1) is 15.7. The summed E-state index contributed by atoms with van der Waals surface area (Å²) in [5.74, 6) is -0.704. The third kappa shape index (κ3) is 4.84. The van der Waals surface area contributed by atoms with Crippen molar-refractivity contribution in [3.63, 3.8) is 0 Å². The number of hydrogen-bond acceptors (Lipinski definition) is 8. The normalized spacial score (nSPS) is 20.3. The Bertz CT molecular complexity index is 1100. The Morgan fingerprint density at radius 2 is 2.21 bits per heavy atom. The molecule has 0 bridgehead atoms. The van der Waals surface area contributed by atoms with Crippen LogP contribution in [0.2, 0.25) is 0 Å². The summed E-state index contributed by atoms with van der Waals surface area (Å²) in [6.45, 7) is 1.36. The SMILES string of the molecule is CCOC(=O)C1=C(CN2CC(O)(C(F)F)C2)NC(c2nccs2)=NC1c1ccc(F)cc1Br. The van der Waals surface area contributed by atoms with Crippen molar-refractivity contribution in [1.82, 2.24) is 15.2 Å². The molecule has 1 saturated heterocycles. The minimum absolute atomic E-state index is 0.0723. The van der Waals surface area contributed by atoms with E-state index in [9.17, 15) is 23.1 Å². The van der Waals surface area contributed by atoms with E-state index in [1.54, 1.807) is 23.4 Å². The second-order valence-electron chi connectivity index (χ2n) is 7.67. The number of nitrogens with one attached hydrogen (secondary N) is 1. The maximum Gasteiger partial charge on any atom is 0.338 e. The van der Waals surface area contributed by atoms with E-state index in [0.717, 1.165) is 0 Å². The first kappa shape index (κ1) is 23.9. The molecule has 1 aromatic carbocycles. The Morgan fingerprint density at radius 1 is 1.45 bits per heavy atom. The van der Waals surface area contributed by atoms with Gasteiger partial charge in [-0.2, -0.15) is 0 Å². The van der Waals surface area contributed by atoms with E-state index < -0.39 is 29.9 Å². The molecule has 0 saturated carbocycles. The molecule has 2 N–H and O–H groups in total. The molecule has 176 valence electrons. The van der Waals surface area contributed by atoms with E-state index in [1.165, 1.54) is 29.5 Å².